The number of aromatic nitrogens is 3. The van der Waals surface area contributed by atoms with Gasteiger partial charge in [-0.05, 0) is 49.7 Å². The van der Waals surface area contributed by atoms with Gasteiger partial charge in [0.2, 0.25) is 17.6 Å². The molecule has 0 atom stereocenters. The smallest absolute Gasteiger partial charge is 0.261 e. The number of rotatable bonds is 7. The number of anilines is 1. The van der Waals surface area contributed by atoms with Crippen LogP contribution in [0.4, 0.5) is 10.1 Å². The Hall–Kier alpha value is -3.29. The molecule has 28 heavy (non-hydrogen) atoms. The van der Waals surface area contributed by atoms with Crippen molar-refractivity contribution in [2.75, 3.05) is 5.32 Å². The minimum atomic E-state index is -0.370. The van der Waals surface area contributed by atoms with Gasteiger partial charge in [0.25, 0.3) is 5.56 Å². The summed E-state index contributed by atoms with van der Waals surface area (Å²) in [4.78, 5) is 28.9. The Morgan fingerprint density at radius 2 is 1.96 bits per heavy atom. The van der Waals surface area contributed by atoms with Crippen molar-refractivity contribution in [1.29, 1.82) is 0 Å². The fourth-order valence-corrected chi connectivity index (χ4v) is 2.79. The molecule has 0 bridgehead atoms. The van der Waals surface area contributed by atoms with Crippen LogP contribution in [0, 0.1) is 12.7 Å². The van der Waals surface area contributed by atoms with Gasteiger partial charge in [-0.15, -0.1) is 0 Å². The summed E-state index contributed by atoms with van der Waals surface area (Å²) in [6.45, 7) is 4.50. The van der Waals surface area contributed by atoms with Gasteiger partial charge in [0.05, 0.1) is 5.56 Å². The van der Waals surface area contributed by atoms with Crippen molar-refractivity contribution in [1.82, 2.24) is 14.7 Å². The van der Waals surface area contributed by atoms with Crippen LogP contribution in [0.5, 0.6) is 0 Å². The molecule has 0 aliphatic heterocycles. The van der Waals surface area contributed by atoms with Gasteiger partial charge in [-0.2, -0.15) is 4.98 Å². The SMILES string of the molecule is CCCn1c(C)ccc(-c2noc(CCC(=O)Nc3ccc(F)cc3)n2)c1=O. The van der Waals surface area contributed by atoms with E-state index in [4.69, 9.17) is 4.52 Å². The van der Waals surface area contributed by atoms with Gasteiger partial charge in [0, 0.05) is 30.8 Å². The van der Waals surface area contributed by atoms with E-state index in [1.165, 1.54) is 24.3 Å². The number of carbonyl (C=O) groups is 1. The molecule has 0 aliphatic carbocycles. The third-order valence-electron chi connectivity index (χ3n) is 4.24. The van der Waals surface area contributed by atoms with E-state index in [2.05, 4.69) is 15.5 Å². The molecule has 8 heteroatoms. The summed E-state index contributed by atoms with van der Waals surface area (Å²) >= 11 is 0. The van der Waals surface area contributed by atoms with Crippen molar-refractivity contribution in [3.63, 3.8) is 0 Å². The summed E-state index contributed by atoms with van der Waals surface area (Å²) in [6.07, 6.45) is 1.19. The lowest BCUT2D eigenvalue weighted by atomic mass is 10.2. The number of halogens is 1. The molecule has 0 fully saturated rings. The standard InChI is InChI=1S/C20H21FN4O3/c1-3-12-25-13(2)4-9-16(20(25)27)19-23-18(28-24-19)11-10-17(26)22-15-7-5-14(21)6-8-15/h4-9H,3,10-12H2,1-2H3,(H,22,26). The van der Waals surface area contributed by atoms with E-state index in [0.29, 0.717) is 17.8 Å². The zero-order chi connectivity index (χ0) is 20.1. The molecule has 7 nitrogen and oxygen atoms in total. The van der Waals surface area contributed by atoms with Crippen molar-refractivity contribution < 1.29 is 13.7 Å². The second kappa shape index (κ2) is 8.60. The fraction of sp³-hybridized carbons (Fsp3) is 0.300. The topological polar surface area (TPSA) is 90.0 Å². The second-order valence-electron chi connectivity index (χ2n) is 6.41. The average Bonchev–Trinajstić information content (AvgIpc) is 3.14. The highest BCUT2D eigenvalue weighted by Crippen LogP contribution is 2.14. The van der Waals surface area contributed by atoms with Gasteiger partial charge in [-0.1, -0.05) is 12.1 Å². The summed E-state index contributed by atoms with van der Waals surface area (Å²) in [6, 6.07) is 9.03. The lowest BCUT2D eigenvalue weighted by Gasteiger charge is -2.09. The van der Waals surface area contributed by atoms with Crippen molar-refractivity contribution >= 4 is 11.6 Å². The number of hydrogen-bond donors (Lipinski definition) is 1. The molecule has 1 N–H and O–H groups in total. The second-order valence-corrected chi connectivity index (χ2v) is 6.41. The van der Waals surface area contributed by atoms with Crippen molar-refractivity contribution in [3.8, 4) is 11.4 Å². The highest BCUT2D eigenvalue weighted by molar-refractivity contribution is 5.90. The lowest BCUT2D eigenvalue weighted by Crippen LogP contribution is -2.23. The number of pyridine rings is 1. The van der Waals surface area contributed by atoms with Crippen LogP contribution in [0.1, 0.15) is 31.4 Å². The molecule has 0 saturated carbocycles. The Labute approximate surface area is 161 Å². The molecule has 0 saturated heterocycles. The van der Waals surface area contributed by atoms with Gasteiger partial charge >= 0.3 is 0 Å². The van der Waals surface area contributed by atoms with Crippen molar-refractivity contribution in [3.05, 3.63) is 64.2 Å². The molecular weight excluding hydrogens is 363 g/mol. The first-order chi connectivity index (χ1) is 13.5. The number of nitrogens with one attached hydrogen (secondary N) is 1. The molecule has 0 spiro atoms. The van der Waals surface area contributed by atoms with E-state index in [1.807, 2.05) is 19.9 Å². The zero-order valence-corrected chi connectivity index (χ0v) is 15.7. The van der Waals surface area contributed by atoms with Crippen LogP contribution < -0.4 is 10.9 Å². The number of carbonyl (C=O) groups excluding carboxylic acids is 1. The predicted molar refractivity (Wildman–Crippen MR) is 102 cm³/mol. The number of amides is 1. The minimum Gasteiger partial charge on any atom is -0.339 e. The van der Waals surface area contributed by atoms with Crippen LogP contribution in [0.2, 0.25) is 0 Å². The normalized spacial score (nSPS) is 10.8. The first-order valence-electron chi connectivity index (χ1n) is 9.06. The van der Waals surface area contributed by atoms with E-state index in [-0.39, 0.29) is 41.8 Å². The number of benzene rings is 1. The van der Waals surface area contributed by atoms with E-state index in [0.717, 1.165) is 12.1 Å². The lowest BCUT2D eigenvalue weighted by molar-refractivity contribution is -0.116. The van der Waals surface area contributed by atoms with Crippen LogP contribution in [0.15, 0.2) is 45.7 Å². The first-order valence-corrected chi connectivity index (χ1v) is 9.06. The quantitative estimate of drug-likeness (QED) is 0.675. The molecule has 2 heterocycles. The minimum absolute atomic E-state index is 0.118. The number of nitrogens with zero attached hydrogens (tertiary/aromatic N) is 3. The van der Waals surface area contributed by atoms with Crippen LogP contribution >= 0.6 is 0 Å². The molecule has 1 amide bonds. The van der Waals surface area contributed by atoms with Crippen LogP contribution in [-0.4, -0.2) is 20.6 Å². The molecule has 2 aromatic heterocycles. The first kappa shape index (κ1) is 19.5. The molecule has 0 radical (unpaired) electrons. The third kappa shape index (κ3) is 4.51. The van der Waals surface area contributed by atoms with Crippen LogP contribution in [0.25, 0.3) is 11.4 Å². The highest BCUT2D eigenvalue weighted by atomic mass is 19.1. The monoisotopic (exact) mass is 384 g/mol. The molecule has 3 rings (SSSR count). The number of hydrogen-bond acceptors (Lipinski definition) is 5. The summed E-state index contributed by atoms with van der Waals surface area (Å²) in [5.41, 5.74) is 1.58. The highest BCUT2D eigenvalue weighted by Gasteiger charge is 2.15. The van der Waals surface area contributed by atoms with Gasteiger partial charge in [-0.25, -0.2) is 4.39 Å². The zero-order valence-electron chi connectivity index (χ0n) is 15.7. The fourth-order valence-electron chi connectivity index (χ4n) is 2.79. The van der Waals surface area contributed by atoms with Crippen LogP contribution in [0.3, 0.4) is 0 Å². The summed E-state index contributed by atoms with van der Waals surface area (Å²) < 4.78 is 19.8. The Kier molecular flexibility index (Phi) is 5.98. The van der Waals surface area contributed by atoms with E-state index in [1.54, 1.807) is 10.6 Å². The van der Waals surface area contributed by atoms with E-state index < -0.39 is 0 Å². The van der Waals surface area contributed by atoms with Crippen LogP contribution in [-0.2, 0) is 17.8 Å². The van der Waals surface area contributed by atoms with Gasteiger partial charge in [0.15, 0.2) is 0 Å². The maximum absolute atomic E-state index is 12.9. The van der Waals surface area contributed by atoms with E-state index in [9.17, 15) is 14.0 Å². The summed E-state index contributed by atoms with van der Waals surface area (Å²) in [5, 5.41) is 6.54. The van der Waals surface area contributed by atoms with Gasteiger partial charge < -0.3 is 14.4 Å². The molecule has 0 unspecified atom stereocenters. The molecule has 0 aliphatic rings. The van der Waals surface area contributed by atoms with E-state index >= 15 is 0 Å². The molecular formula is C20H21FN4O3. The molecule has 1 aromatic carbocycles. The molecule has 146 valence electrons. The summed E-state index contributed by atoms with van der Waals surface area (Å²) in [7, 11) is 0. The van der Waals surface area contributed by atoms with Gasteiger partial charge in [-0.3, -0.25) is 9.59 Å². The maximum atomic E-state index is 12.9. The largest absolute Gasteiger partial charge is 0.339 e. The number of aryl methyl sites for hydroxylation is 2. The third-order valence-corrected chi connectivity index (χ3v) is 4.24. The van der Waals surface area contributed by atoms with Crippen molar-refractivity contribution in [2.24, 2.45) is 0 Å². The maximum Gasteiger partial charge on any atom is 0.261 e. The Morgan fingerprint density at radius 3 is 2.68 bits per heavy atom. The van der Waals surface area contributed by atoms with Crippen molar-refractivity contribution in [2.45, 2.75) is 39.7 Å². The Morgan fingerprint density at radius 1 is 1.21 bits per heavy atom. The Bertz CT molecular complexity index is 1020. The molecule has 3 aromatic rings. The Balaban J connectivity index is 1.66. The van der Waals surface area contributed by atoms with Gasteiger partial charge in [0.1, 0.15) is 5.82 Å². The summed E-state index contributed by atoms with van der Waals surface area (Å²) in [5.74, 6) is -0.146. The average molecular weight is 384 g/mol. The predicted octanol–water partition coefficient (Wildman–Crippen LogP) is 3.33.